The molecule has 0 aliphatic carbocycles. The number of hydrogen-bond acceptors (Lipinski definition) is 5. The molecule has 1 aliphatic heterocycles. The van der Waals surface area contributed by atoms with Crippen molar-refractivity contribution < 1.29 is 23.8 Å². The van der Waals surface area contributed by atoms with E-state index >= 15 is 0 Å². The number of carbonyl (C=O) groups excluding carboxylic acids is 2. The fourth-order valence-corrected chi connectivity index (χ4v) is 2.92. The molecule has 0 bridgehead atoms. The molecule has 0 radical (unpaired) electrons. The van der Waals surface area contributed by atoms with Crippen LogP contribution in [0.2, 0.25) is 0 Å². The summed E-state index contributed by atoms with van der Waals surface area (Å²) in [6, 6.07) is 3.22. The van der Waals surface area contributed by atoms with Crippen LogP contribution in [0.1, 0.15) is 42.5 Å². The molecule has 2 amide bonds. The summed E-state index contributed by atoms with van der Waals surface area (Å²) < 4.78 is 16.0. The molecule has 0 saturated carbocycles. The molecule has 0 unspecified atom stereocenters. The van der Waals surface area contributed by atoms with Gasteiger partial charge in [0.25, 0.3) is 11.8 Å². The number of carbonyl (C=O) groups is 2. The Morgan fingerprint density at radius 3 is 2.00 bits per heavy atom. The topological polar surface area (TPSA) is 91.1 Å². The summed E-state index contributed by atoms with van der Waals surface area (Å²) in [6.07, 6.45) is 5.56. The van der Waals surface area contributed by atoms with Gasteiger partial charge in [0.15, 0.2) is 18.1 Å². The van der Waals surface area contributed by atoms with Gasteiger partial charge in [-0.2, -0.15) is 0 Å². The molecular formula is C18H26N2O5. The molecule has 7 nitrogen and oxygen atoms in total. The van der Waals surface area contributed by atoms with Gasteiger partial charge in [-0.25, -0.2) is 0 Å². The van der Waals surface area contributed by atoms with Crippen molar-refractivity contribution in [1.82, 2.24) is 4.90 Å². The van der Waals surface area contributed by atoms with Crippen LogP contribution in [0.25, 0.3) is 0 Å². The SMILES string of the molecule is COc1cc(C(=O)N2CCCCCCC2)cc(OC)c1OCC(N)=O. The van der Waals surface area contributed by atoms with Crippen molar-refractivity contribution in [3.05, 3.63) is 17.7 Å². The van der Waals surface area contributed by atoms with Crippen LogP contribution in [0.5, 0.6) is 17.2 Å². The highest BCUT2D eigenvalue weighted by atomic mass is 16.5. The summed E-state index contributed by atoms with van der Waals surface area (Å²) in [4.78, 5) is 25.7. The second-order valence-electron chi connectivity index (χ2n) is 6.02. The van der Waals surface area contributed by atoms with Crippen molar-refractivity contribution in [2.45, 2.75) is 32.1 Å². The lowest BCUT2D eigenvalue weighted by molar-refractivity contribution is -0.120. The Morgan fingerprint density at radius 1 is 1.00 bits per heavy atom. The minimum absolute atomic E-state index is 0.0556. The van der Waals surface area contributed by atoms with Crippen molar-refractivity contribution in [1.29, 1.82) is 0 Å². The van der Waals surface area contributed by atoms with Crippen LogP contribution < -0.4 is 19.9 Å². The standard InChI is InChI=1S/C18H26N2O5/c1-23-14-10-13(11-15(24-2)17(14)25-12-16(19)21)18(22)20-8-6-4-3-5-7-9-20/h10-11H,3-9,12H2,1-2H3,(H2,19,21). The molecular weight excluding hydrogens is 324 g/mol. The Bertz CT molecular complexity index is 584. The van der Waals surface area contributed by atoms with E-state index in [0.717, 1.165) is 38.8 Å². The summed E-state index contributed by atoms with van der Waals surface area (Å²) in [5.74, 6) is 0.254. The molecule has 138 valence electrons. The molecule has 0 atom stereocenters. The first-order chi connectivity index (χ1) is 12.1. The van der Waals surface area contributed by atoms with E-state index in [2.05, 4.69) is 0 Å². The molecule has 0 aromatic heterocycles. The first kappa shape index (κ1) is 18.9. The van der Waals surface area contributed by atoms with Crippen molar-refractivity contribution >= 4 is 11.8 Å². The summed E-state index contributed by atoms with van der Waals surface area (Å²) >= 11 is 0. The summed E-state index contributed by atoms with van der Waals surface area (Å²) in [7, 11) is 2.94. The average molecular weight is 350 g/mol. The molecule has 0 spiro atoms. The van der Waals surface area contributed by atoms with Gasteiger partial charge in [-0.15, -0.1) is 0 Å². The van der Waals surface area contributed by atoms with Gasteiger partial charge in [-0.05, 0) is 25.0 Å². The van der Waals surface area contributed by atoms with E-state index in [9.17, 15) is 9.59 Å². The van der Waals surface area contributed by atoms with Crippen LogP contribution in [0, 0.1) is 0 Å². The van der Waals surface area contributed by atoms with Gasteiger partial charge < -0.3 is 24.8 Å². The number of likely N-dealkylation sites (tertiary alicyclic amines) is 1. The Kier molecular flexibility index (Phi) is 6.91. The molecule has 1 aliphatic rings. The van der Waals surface area contributed by atoms with Crippen LogP contribution in [0.4, 0.5) is 0 Å². The van der Waals surface area contributed by atoms with E-state index in [-0.39, 0.29) is 18.3 Å². The highest BCUT2D eigenvalue weighted by Gasteiger charge is 2.22. The number of methoxy groups -OCH3 is 2. The lowest BCUT2D eigenvalue weighted by Gasteiger charge is -2.25. The summed E-state index contributed by atoms with van der Waals surface area (Å²) in [5, 5.41) is 0. The summed E-state index contributed by atoms with van der Waals surface area (Å²) in [6.45, 7) is 1.21. The highest BCUT2D eigenvalue weighted by Crippen LogP contribution is 2.39. The second kappa shape index (κ2) is 9.15. The first-order valence-corrected chi connectivity index (χ1v) is 8.53. The van der Waals surface area contributed by atoms with E-state index in [1.54, 1.807) is 12.1 Å². The Morgan fingerprint density at radius 2 is 1.52 bits per heavy atom. The van der Waals surface area contributed by atoms with Crippen LogP contribution in [-0.2, 0) is 4.79 Å². The minimum Gasteiger partial charge on any atom is -0.493 e. The molecule has 7 heteroatoms. The fraction of sp³-hybridized carbons (Fsp3) is 0.556. The van der Waals surface area contributed by atoms with E-state index in [4.69, 9.17) is 19.9 Å². The van der Waals surface area contributed by atoms with Gasteiger partial charge in [0.1, 0.15) is 0 Å². The Balaban J connectivity index is 2.27. The molecule has 25 heavy (non-hydrogen) atoms. The maximum absolute atomic E-state index is 12.9. The van der Waals surface area contributed by atoms with Gasteiger partial charge in [0.05, 0.1) is 14.2 Å². The van der Waals surface area contributed by atoms with E-state index in [1.165, 1.54) is 20.6 Å². The summed E-state index contributed by atoms with van der Waals surface area (Å²) in [5.41, 5.74) is 5.59. The largest absolute Gasteiger partial charge is 0.493 e. The van der Waals surface area contributed by atoms with Gasteiger partial charge in [-0.1, -0.05) is 19.3 Å². The zero-order valence-corrected chi connectivity index (χ0v) is 14.9. The minimum atomic E-state index is -0.607. The van der Waals surface area contributed by atoms with Gasteiger partial charge in [0, 0.05) is 18.7 Å². The number of rotatable bonds is 6. The zero-order valence-electron chi connectivity index (χ0n) is 14.9. The maximum atomic E-state index is 12.9. The van der Waals surface area contributed by atoms with E-state index < -0.39 is 5.91 Å². The molecule has 1 saturated heterocycles. The number of hydrogen-bond donors (Lipinski definition) is 1. The molecule has 1 aromatic carbocycles. The molecule has 1 heterocycles. The van der Waals surface area contributed by atoms with Crippen LogP contribution in [-0.4, -0.2) is 50.6 Å². The molecule has 1 fully saturated rings. The van der Waals surface area contributed by atoms with Gasteiger partial charge in [0.2, 0.25) is 5.75 Å². The van der Waals surface area contributed by atoms with Crippen molar-refractivity contribution in [2.24, 2.45) is 5.73 Å². The molecule has 1 aromatic rings. The van der Waals surface area contributed by atoms with Gasteiger partial charge >= 0.3 is 0 Å². The van der Waals surface area contributed by atoms with Crippen LogP contribution in [0.3, 0.4) is 0 Å². The van der Waals surface area contributed by atoms with Crippen molar-refractivity contribution in [3.8, 4) is 17.2 Å². The van der Waals surface area contributed by atoms with Crippen molar-refractivity contribution in [3.63, 3.8) is 0 Å². The lowest BCUT2D eigenvalue weighted by Crippen LogP contribution is -2.33. The Labute approximate surface area is 148 Å². The number of amides is 2. The third-order valence-electron chi connectivity index (χ3n) is 4.21. The third-order valence-corrected chi connectivity index (χ3v) is 4.21. The number of benzene rings is 1. The monoisotopic (exact) mass is 350 g/mol. The third kappa shape index (κ3) is 5.01. The van der Waals surface area contributed by atoms with Crippen molar-refractivity contribution in [2.75, 3.05) is 33.9 Å². The van der Waals surface area contributed by atoms with E-state index in [1.807, 2.05) is 4.90 Å². The van der Waals surface area contributed by atoms with Crippen LogP contribution >= 0.6 is 0 Å². The first-order valence-electron chi connectivity index (χ1n) is 8.53. The molecule has 2 rings (SSSR count). The smallest absolute Gasteiger partial charge is 0.255 e. The zero-order chi connectivity index (χ0) is 18.2. The quantitative estimate of drug-likeness (QED) is 0.847. The predicted molar refractivity (Wildman–Crippen MR) is 93.2 cm³/mol. The van der Waals surface area contributed by atoms with Crippen LogP contribution in [0.15, 0.2) is 12.1 Å². The fourth-order valence-electron chi connectivity index (χ4n) is 2.92. The maximum Gasteiger partial charge on any atom is 0.255 e. The lowest BCUT2D eigenvalue weighted by atomic mass is 10.1. The second-order valence-corrected chi connectivity index (χ2v) is 6.02. The Hall–Kier alpha value is -2.44. The molecule has 2 N–H and O–H groups in total. The average Bonchev–Trinajstić information content (AvgIpc) is 2.58. The number of primary amides is 1. The number of nitrogens with two attached hydrogens (primary N) is 1. The van der Waals surface area contributed by atoms with E-state index in [0.29, 0.717) is 17.1 Å². The highest BCUT2D eigenvalue weighted by molar-refractivity contribution is 5.95. The number of nitrogens with zero attached hydrogens (tertiary/aromatic N) is 1. The van der Waals surface area contributed by atoms with Gasteiger partial charge in [-0.3, -0.25) is 9.59 Å². The predicted octanol–water partition coefficient (Wildman–Crippen LogP) is 1.97. The normalized spacial score (nSPS) is 15.0. The number of ether oxygens (including phenoxy) is 3.